The fourth-order valence-corrected chi connectivity index (χ4v) is 3.82. The molecule has 2 N–H and O–H groups in total. The summed E-state index contributed by atoms with van der Waals surface area (Å²) >= 11 is 8.68. The van der Waals surface area contributed by atoms with Crippen molar-refractivity contribution < 1.29 is 0 Å². The minimum atomic E-state index is -0.0555. The number of halogens is 2. The molecule has 2 rings (SSSR count). The fraction of sp³-hybridized carbons (Fsp3) is 0.167. The highest BCUT2D eigenvalue weighted by Crippen LogP contribution is 2.32. The second-order valence-corrected chi connectivity index (χ2v) is 7.15. The molecule has 0 bridgehead atoms. The normalized spacial score (nSPS) is 12.8. The molecule has 1 atom stereocenters. The maximum Gasteiger partial charge on any atom is 0.0704 e. The zero-order valence-corrected chi connectivity index (χ0v) is 12.7. The number of hydrogen-bond donors (Lipinski definition) is 1. The maximum atomic E-state index is 6.26. The van der Waals surface area contributed by atoms with Crippen LogP contribution in [0.5, 0.6) is 0 Å². The lowest BCUT2D eigenvalue weighted by molar-refractivity contribution is 0.868. The van der Waals surface area contributed by atoms with Gasteiger partial charge in [0.1, 0.15) is 0 Å². The Hall–Kier alpha value is -0.160. The average Bonchev–Trinajstić information content (AvgIpc) is 2.57. The van der Waals surface area contributed by atoms with Crippen LogP contribution in [0.4, 0.5) is 0 Å². The van der Waals surface area contributed by atoms with Gasteiger partial charge < -0.3 is 5.73 Å². The van der Waals surface area contributed by atoms with Gasteiger partial charge in [0, 0.05) is 9.35 Å². The van der Waals surface area contributed by atoms with Crippen LogP contribution in [0, 0.1) is 6.92 Å². The van der Waals surface area contributed by atoms with E-state index in [1.54, 1.807) is 11.3 Å². The minimum Gasteiger partial charge on any atom is -0.320 e. The number of aryl methyl sites for hydroxylation is 1. The van der Waals surface area contributed by atoms with Crippen molar-refractivity contribution in [1.29, 1.82) is 0 Å². The standard InChI is InChI=1S/C12H11Br2NS/c1-7-10(6-11(14)16-7)12(15)8-3-2-4-9(13)5-8/h2-6,12H,15H2,1H3. The van der Waals surface area contributed by atoms with Crippen molar-refractivity contribution in [2.45, 2.75) is 13.0 Å². The van der Waals surface area contributed by atoms with E-state index < -0.39 is 0 Å². The number of nitrogens with two attached hydrogens (primary N) is 1. The molecule has 0 saturated carbocycles. The number of hydrogen-bond acceptors (Lipinski definition) is 2. The van der Waals surface area contributed by atoms with Crippen LogP contribution >= 0.6 is 43.2 Å². The van der Waals surface area contributed by atoms with Crippen molar-refractivity contribution in [2.75, 3.05) is 0 Å². The summed E-state index contributed by atoms with van der Waals surface area (Å²) in [6, 6.07) is 10.2. The molecule has 1 aromatic carbocycles. The SMILES string of the molecule is Cc1sc(Br)cc1C(N)c1cccc(Br)c1. The Labute approximate surface area is 116 Å². The summed E-state index contributed by atoms with van der Waals surface area (Å²) < 4.78 is 2.19. The Morgan fingerprint density at radius 3 is 2.56 bits per heavy atom. The monoisotopic (exact) mass is 359 g/mol. The third kappa shape index (κ3) is 2.56. The molecule has 0 aliphatic rings. The van der Waals surface area contributed by atoms with Crippen LogP contribution in [0.3, 0.4) is 0 Å². The summed E-state index contributed by atoms with van der Waals surface area (Å²) in [4.78, 5) is 1.26. The van der Waals surface area contributed by atoms with E-state index in [9.17, 15) is 0 Å². The Kier molecular flexibility index (Phi) is 3.85. The second-order valence-electron chi connectivity index (χ2n) is 3.59. The molecule has 0 fully saturated rings. The molecule has 1 unspecified atom stereocenters. The Bertz CT molecular complexity index is 507. The molecular weight excluding hydrogens is 350 g/mol. The van der Waals surface area contributed by atoms with Gasteiger partial charge in [0.15, 0.2) is 0 Å². The maximum absolute atomic E-state index is 6.26. The van der Waals surface area contributed by atoms with Gasteiger partial charge in [-0.3, -0.25) is 0 Å². The summed E-state index contributed by atoms with van der Waals surface area (Å²) in [5, 5.41) is 0. The number of rotatable bonds is 2. The van der Waals surface area contributed by atoms with Gasteiger partial charge >= 0.3 is 0 Å². The van der Waals surface area contributed by atoms with Crippen molar-refractivity contribution in [3.8, 4) is 0 Å². The molecule has 0 spiro atoms. The molecule has 4 heteroatoms. The first-order chi connectivity index (χ1) is 7.58. The molecule has 1 nitrogen and oxygen atoms in total. The molecule has 0 aliphatic heterocycles. The highest BCUT2D eigenvalue weighted by atomic mass is 79.9. The minimum absolute atomic E-state index is 0.0555. The predicted molar refractivity (Wildman–Crippen MR) is 76.9 cm³/mol. The first-order valence-electron chi connectivity index (χ1n) is 4.85. The van der Waals surface area contributed by atoms with Gasteiger partial charge in [-0.2, -0.15) is 0 Å². The van der Waals surface area contributed by atoms with E-state index in [0.29, 0.717) is 0 Å². The molecule has 0 aliphatic carbocycles. The Balaban J connectivity index is 2.38. The lowest BCUT2D eigenvalue weighted by Gasteiger charge is -2.12. The van der Waals surface area contributed by atoms with Crippen LogP contribution in [-0.2, 0) is 0 Å². The van der Waals surface area contributed by atoms with Crippen molar-refractivity contribution in [2.24, 2.45) is 5.73 Å². The largest absolute Gasteiger partial charge is 0.320 e. The average molecular weight is 361 g/mol. The van der Waals surface area contributed by atoms with E-state index in [0.717, 1.165) is 13.8 Å². The summed E-state index contributed by atoms with van der Waals surface area (Å²) in [5.41, 5.74) is 8.58. The molecule has 0 radical (unpaired) electrons. The van der Waals surface area contributed by atoms with Crippen molar-refractivity contribution in [3.05, 3.63) is 54.6 Å². The van der Waals surface area contributed by atoms with Crippen LogP contribution in [-0.4, -0.2) is 0 Å². The molecule has 0 amide bonds. The quantitative estimate of drug-likeness (QED) is 0.830. The van der Waals surface area contributed by atoms with Crippen molar-refractivity contribution >= 4 is 43.2 Å². The van der Waals surface area contributed by atoms with Crippen LogP contribution in [0.15, 0.2) is 38.6 Å². The van der Waals surface area contributed by atoms with E-state index in [2.05, 4.69) is 57.0 Å². The summed E-state index contributed by atoms with van der Waals surface area (Å²) in [6.07, 6.45) is 0. The van der Waals surface area contributed by atoms with E-state index in [-0.39, 0.29) is 6.04 Å². The fourth-order valence-electron chi connectivity index (χ4n) is 1.65. The van der Waals surface area contributed by atoms with Crippen molar-refractivity contribution in [1.82, 2.24) is 0 Å². The molecule has 16 heavy (non-hydrogen) atoms. The van der Waals surface area contributed by atoms with Gasteiger partial charge in [-0.15, -0.1) is 11.3 Å². The molecular formula is C12H11Br2NS. The van der Waals surface area contributed by atoms with Gasteiger partial charge in [-0.05, 0) is 52.2 Å². The van der Waals surface area contributed by atoms with Gasteiger partial charge in [-0.25, -0.2) is 0 Å². The van der Waals surface area contributed by atoms with E-state index in [4.69, 9.17) is 5.73 Å². The molecule has 2 aromatic rings. The highest BCUT2D eigenvalue weighted by molar-refractivity contribution is 9.11. The third-order valence-corrected chi connectivity index (χ3v) is 4.53. The van der Waals surface area contributed by atoms with Crippen LogP contribution < -0.4 is 5.73 Å². The van der Waals surface area contributed by atoms with Gasteiger partial charge in [0.05, 0.1) is 9.83 Å². The first kappa shape index (κ1) is 12.3. The molecule has 84 valence electrons. The molecule has 1 heterocycles. The van der Waals surface area contributed by atoms with E-state index >= 15 is 0 Å². The van der Waals surface area contributed by atoms with E-state index in [1.165, 1.54) is 10.4 Å². The number of thiophene rings is 1. The zero-order chi connectivity index (χ0) is 11.7. The Morgan fingerprint density at radius 1 is 1.25 bits per heavy atom. The molecule has 1 aromatic heterocycles. The summed E-state index contributed by atoms with van der Waals surface area (Å²) in [7, 11) is 0. The summed E-state index contributed by atoms with van der Waals surface area (Å²) in [5.74, 6) is 0. The predicted octanol–water partition coefficient (Wildman–Crippen LogP) is 4.63. The topological polar surface area (TPSA) is 26.0 Å². The zero-order valence-electron chi connectivity index (χ0n) is 8.71. The smallest absolute Gasteiger partial charge is 0.0704 e. The Morgan fingerprint density at radius 2 is 2.00 bits per heavy atom. The highest BCUT2D eigenvalue weighted by Gasteiger charge is 2.14. The van der Waals surface area contributed by atoms with Gasteiger partial charge in [0.25, 0.3) is 0 Å². The van der Waals surface area contributed by atoms with Crippen LogP contribution in [0.25, 0.3) is 0 Å². The second kappa shape index (κ2) is 5.00. The van der Waals surface area contributed by atoms with E-state index in [1.807, 2.05) is 12.1 Å². The van der Waals surface area contributed by atoms with Crippen molar-refractivity contribution in [3.63, 3.8) is 0 Å². The van der Waals surface area contributed by atoms with Gasteiger partial charge in [-0.1, -0.05) is 28.1 Å². The van der Waals surface area contributed by atoms with Crippen LogP contribution in [0.1, 0.15) is 22.0 Å². The molecule has 0 saturated heterocycles. The van der Waals surface area contributed by atoms with Gasteiger partial charge in [0.2, 0.25) is 0 Å². The summed E-state index contributed by atoms with van der Waals surface area (Å²) in [6.45, 7) is 2.10. The third-order valence-electron chi connectivity index (χ3n) is 2.47. The lowest BCUT2D eigenvalue weighted by atomic mass is 10.0. The van der Waals surface area contributed by atoms with Crippen LogP contribution in [0.2, 0.25) is 0 Å². The number of benzene rings is 1. The first-order valence-corrected chi connectivity index (χ1v) is 7.25. The lowest BCUT2D eigenvalue weighted by Crippen LogP contribution is -2.11.